The second-order valence-electron chi connectivity index (χ2n) is 7.99. The van der Waals surface area contributed by atoms with E-state index in [2.05, 4.69) is 39.5 Å². The second kappa shape index (κ2) is 19.4. The third-order valence-corrected chi connectivity index (χ3v) is 5.17. The number of amides is 1. The largest absolute Gasteiger partial charge is 0.699 e. The van der Waals surface area contributed by atoms with Crippen LogP contribution < -0.4 is 16.8 Å². The van der Waals surface area contributed by atoms with Crippen molar-refractivity contribution in [3.63, 3.8) is 0 Å². The number of nitrogens with one attached hydrogen (secondary N) is 3. The Morgan fingerprint density at radius 2 is 1.86 bits per heavy atom. The van der Waals surface area contributed by atoms with Gasteiger partial charge in [0, 0.05) is 64.5 Å². The van der Waals surface area contributed by atoms with Crippen LogP contribution in [0, 0.1) is 0 Å². The SMILES string of the molecule is CC(=O)c1cccc(NO)c1.CCCN1CCN(C)CC1.NC=O.[NH-]c1ccc2nc[nH]c(=O)c2c1.[Y]. The number of carbonyl (C=O) groups excluding carboxylic acids is 2. The topological polar surface area (TPSA) is 168 Å². The summed E-state index contributed by atoms with van der Waals surface area (Å²) in [5.74, 6) is -0.0119. The molecule has 1 saturated heterocycles. The molecule has 4 rings (SSSR count). The molecule has 0 atom stereocenters. The molecule has 1 radical (unpaired) electrons. The number of ketones is 1. The summed E-state index contributed by atoms with van der Waals surface area (Å²) in [5, 5.41) is 8.95. The van der Waals surface area contributed by atoms with E-state index in [-0.39, 0.29) is 50.5 Å². The number of rotatable bonds is 4. The predicted octanol–water partition coefficient (Wildman–Crippen LogP) is 3.04. The van der Waals surface area contributed by atoms with Crippen molar-refractivity contribution in [1.82, 2.24) is 19.8 Å². The summed E-state index contributed by atoms with van der Waals surface area (Å²) >= 11 is 0. The fourth-order valence-corrected chi connectivity index (χ4v) is 3.26. The van der Waals surface area contributed by atoms with E-state index in [0.29, 0.717) is 27.8 Å². The van der Waals surface area contributed by atoms with E-state index >= 15 is 0 Å². The molecule has 12 heteroatoms. The van der Waals surface area contributed by atoms with Gasteiger partial charge in [0.1, 0.15) is 0 Å². The summed E-state index contributed by atoms with van der Waals surface area (Å²) < 4.78 is 0. The number of hydrogen-bond donors (Lipinski definition) is 4. The van der Waals surface area contributed by atoms with Crippen LogP contribution in [0.3, 0.4) is 0 Å². The van der Waals surface area contributed by atoms with Crippen LogP contribution in [0.5, 0.6) is 0 Å². The molecule has 11 nitrogen and oxygen atoms in total. The summed E-state index contributed by atoms with van der Waals surface area (Å²) in [6, 6.07) is 11.4. The van der Waals surface area contributed by atoms with Crippen molar-refractivity contribution in [3.05, 3.63) is 70.4 Å². The maximum Gasteiger partial charge on any atom is 0.258 e. The molecule has 1 fully saturated rings. The third kappa shape index (κ3) is 13.4. The van der Waals surface area contributed by atoms with Gasteiger partial charge in [0.15, 0.2) is 5.78 Å². The Hall–Kier alpha value is -2.70. The zero-order valence-corrected chi connectivity index (χ0v) is 24.4. The van der Waals surface area contributed by atoms with Crippen molar-refractivity contribution < 1.29 is 47.5 Å². The van der Waals surface area contributed by atoms with Crippen LogP contribution in [0.25, 0.3) is 16.6 Å². The summed E-state index contributed by atoms with van der Waals surface area (Å²) in [4.78, 5) is 41.9. The third-order valence-electron chi connectivity index (χ3n) is 5.17. The smallest absolute Gasteiger partial charge is 0.258 e. The number of nitrogens with two attached hydrogens (primary N) is 1. The average molecular weight is 588 g/mol. The second-order valence-corrected chi connectivity index (χ2v) is 7.99. The van der Waals surface area contributed by atoms with Crippen molar-refractivity contribution >= 4 is 34.5 Å². The van der Waals surface area contributed by atoms with E-state index < -0.39 is 0 Å². The molecule has 37 heavy (non-hydrogen) atoms. The molecule has 2 aromatic carbocycles. The van der Waals surface area contributed by atoms with Gasteiger partial charge in [-0.2, -0.15) is 0 Å². The standard InChI is InChI=1S/C8H6N3O.C8H18N2.C8H9NO2.CH3NO.Y/c9-5-1-2-7-6(3-5)8(12)11-4-10-7;1-3-4-10-7-5-9(2)6-8-10;1-6(10)7-3-2-4-8(5-7)9-11;2-1-3;/h1-4,9H,(H,10,11,12);3-8H2,1-2H3;2-5,9,11H,1H3;1H,(H2,2,3);/q-1;;;;. The zero-order chi connectivity index (χ0) is 26.9. The monoisotopic (exact) mass is 587 g/mol. The molecule has 1 aliphatic heterocycles. The van der Waals surface area contributed by atoms with Crippen LogP contribution in [0.1, 0.15) is 30.6 Å². The molecule has 0 unspecified atom stereocenters. The maximum absolute atomic E-state index is 11.2. The Kier molecular flexibility index (Phi) is 18.0. The fourth-order valence-electron chi connectivity index (χ4n) is 3.26. The zero-order valence-electron chi connectivity index (χ0n) is 21.6. The number of aromatic nitrogens is 2. The van der Waals surface area contributed by atoms with E-state index in [1.54, 1.807) is 36.4 Å². The molecule has 0 spiro atoms. The van der Waals surface area contributed by atoms with Gasteiger partial charge in [-0.3, -0.25) is 25.1 Å². The van der Waals surface area contributed by atoms with Crippen LogP contribution in [-0.4, -0.2) is 76.9 Å². The van der Waals surface area contributed by atoms with Crippen LogP contribution in [-0.2, 0) is 37.5 Å². The number of piperazine rings is 1. The van der Waals surface area contributed by atoms with Crippen molar-refractivity contribution in [3.8, 4) is 0 Å². The first-order chi connectivity index (χ1) is 17.2. The number of primary amides is 1. The van der Waals surface area contributed by atoms with Crippen LogP contribution in [0.15, 0.2) is 53.6 Å². The molecule has 0 saturated carbocycles. The van der Waals surface area contributed by atoms with Gasteiger partial charge >= 0.3 is 0 Å². The molecular formula is C25H36N7O4Y-. The van der Waals surface area contributed by atoms with Crippen molar-refractivity contribution in [2.75, 3.05) is 45.3 Å². The minimum absolute atomic E-state index is 0. The van der Waals surface area contributed by atoms with Crippen LogP contribution in [0.2, 0.25) is 0 Å². The molecule has 1 aliphatic rings. The molecule has 6 N–H and O–H groups in total. The number of H-pyrrole nitrogens is 1. The van der Waals surface area contributed by atoms with Crippen LogP contribution >= 0.6 is 0 Å². The van der Waals surface area contributed by atoms with E-state index in [1.165, 1.54) is 58.5 Å². The number of carbonyl (C=O) groups is 2. The van der Waals surface area contributed by atoms with E-state index in [9.17, 15) is 9.59 Å². The van der Waals surface area contributed by atoms with Gasteiger partial charge in [-0.25, -0.2) is 4.98 Å². The van der Waals surface area contributed by atoms with Gasteiger partial charge in [0.2, 0.25) is 6.41 Å². The Bertz CT molecular complexity index is 1140. The number of hydrogen-bond acceptors (Lipinski definition) is 8. The molecular weight excluding hydrogens is 551 g/mol. The average Bonchev–Trinajstić information content (AvgIpc) is 2.87. The number of aromatic amines is 1. The fraction of sp³-hybridized carbons (Fsp3) is 0.360. The van der Waals surface area contributed by atoms with Crippen molar-refractivity contribution in [2.45, 2.75) is 20.3 Å². The minimum Gasteiger partial charge on any atom is -0.699 e. The first-order valence-corrected chi connectivity index (χ1v) is 11.5. The molecule has 1 aromatic heterocycles. The molecule has 2 heterocycles. The van der Waals surface area contributed by atoms with Crippen LogP contribution in [0.4, 0.5) is 11.4 Å². The van der Waals surface area contributed by atoms with Gasteiger partial charge in [-0.05, 0) is 45.1 Å². The molecule has 199 valence electrons. The number of benzene rings is 2. The molecule has 3 aromatic rings. The van der Waals surface area contributed by atoms with Gasteiger partial charge in [0.05, 0.1) is 22.9 Å². The number of likely N-dealkylation sites (N-methyl/N-ethyl adjacent to an activating group) is 1. The van der Waals surface area contributed by atoms with Crippen molar-refractivity contribution in [1.29, 1.82) is 0 Å². The van der Waals surface area contributed by atoms with E-state index in [0.717, 1.165) is 0 Å². The summed E-state index contributed by atoms with van der Waals surface area (Å²) in [7, 11) is 2.20. The minimum atomic E-state index is -0.200. The van der Waals surface area contributed by atoms with Gasteiger partial charge in [0.25, 0.3) is 5.56 Å². The Labute approximate surface area is 242 Å². The summed E-state index contributed by atoms with van der Waals surface area (Å²) in [5.41, 5.74) is 15.3. The Morgan fingerprint density at radius 3 is 2.43 bits per heavy atom. The molecule has 1 amide bonds. The first-order valence-electron chi connectivity index (χ1n) is 11.5. The van der Waals surface area contributed by atoms with Gasteiger partial charge < -0.3 is 26.3 Å². The molecule has 0 bridgehead atoms. The predicted molar refractivity (Wildman–Crippen MR) is 143 cm³/mol. The van der Waals surface area contributed by atoms with Crippen molar-refractivity contribution in [2.24, 2.45) is 5.73 Å². The van der Waals surface area contributed by atoms with Gasteiger partial charge in [-0.1, -0.05) is 31.2 Å². The maximum atomic E-state index is 11.2. The number of Topliss-reactive ketones (excluding diaryl/α,β-unsaturated/α-hetero) is 1. The summed E-state index contributed by atoms with van der Waals surface area (Å²) in [6.07, 6.45) is 2.90. The first kappa shape index (κ1) is 34.3. The number of nitrogens with zero attached hydrogens (tertiary/aromatic N) is 3. The number of fused-ring (bicyclic) bond motifs is 1. The Morgan fingerprint density at radius 1 is 1.22 bits per heavy atom. The normalized spacial score (nSPS) is 12.8. The van der Waals surface area contributed by atoms with E-state index in [4.69, 9.17) is 15.7 Å². The number of anilines is 1. The quantitative estimate of drug-likeness (QED) is 0.205. The van der Waals surface area contributed by atoms with E-state index in [1.807, 2.05) is 5.48 Å². The van der Waals surface area contributed by atoms with Gasteiger partial charge in [-0.15, -0.1) is 5.69 Å². The summed E-state index contributed by atoms with van der Waals surface area (Å²) in [6.45, 7) is 10.1. The molecule has 0 aliphatic carbocycles. The Balaban J connectivity index is 0.000000494.